The van der Waals surface area contributed by atoms with Crippen molar-refractivity contribution in [2.45, 2.75) is 40.0 Å². The summed E-state index contributed by atoms with van der Waals surface area (Å²) < 4.78 is 0.904. The van der Waals surface area contributed by atoms with E-state index in [0.717, 1.165) is 40.5 Å². The van der Waals surface area contributed by atoms with Crippen molar-refractivity contribution in [1.29, 1.82) is 5.26 Å². The van der Waals surface area contributed by atoms with Crippen molar-refractivity contribution in [3.05, 3.63) is 44.2 Å². The molecule has 4 rings (SSSR count). The van der Waals surface area contributed by atoms with Crippen LogP contribution in [0.3, 0.4) is 0 Å². The van der Waals surface area contributed by atoms with E-state index in [1.807, 2.05) is 18.2 Å². The smallest absolute Gasteiger partial charge is 0.277 e. The van der Waals surface area contributed by atoms with Crippen LogP contribution in [-0.4, -0.2) is 18.7 Å². The highest BCUT2D eigenvalue weighted by Gasteiger charge is 2.34. The van der Waals surface area contributed by atoms with E-state index in [-0.39, 0.29) is 11.3 Å². The number of fused-ring (bicyclic) bond motifs is 2. The predicted molar refractivity (Wildman–Crippen MR) is 118 cm³/mol. The number of carbonyl (C=O) groups excluding carboxylic acids is 1. The van der Waals surface area contributed by atoms with E-state index in [9.17, 15) is 10.1 Å². The van der Waals surface area contributed by atoms with E-state index in [4.69, 9.17) is 4.99 Å². The van der Waals surface area contributed by atoms with Crippen LogP contribution in [-0.2, 0) is 17.6 Å². The third kappa shape index (κ3) is 3.11. The molecule has 1 aromatic carbocycles. The first-order valence-corrected chi connectivity index (χ1v) is 11.0. The average Bonchev–Trinajstić information content (AvgIpc) is 3.10. The van der Waals surface area contributed by atoms with Gasteiger partial charge in [0.25, 0.3) is 5.91 Å². The van der Waals surface area contributed by atoms with Crippen molar-refractivity contribution in [3.8, 4) is 6.07 Å². The van der Waals surface area contributed by atoms with E-state index < -0.39 is 0 Å². The van der Waals surface area contributed by atoms with Gasteiger partial charge in [0.1, 0.15) is 16.8 Å². The minimum absolute atomic E-state index is 0.129. The number of anilines is 1. The molecule has 144 valence electrons. The zero-order valence-electron chi connectivity index (χ0n) is 16.5. The largest absolute Gasteiger partial charge is 0.309 e. The molecule has 1 amide bonds. The number of hydrogen-bond donors (Lipinski definition) is 0. The summed E-state index contributed by atoms with van der Waals surface area (Å²) in [6.07, 6.45) is 2.99. The molecule has 0 N–H and O–H groups in total. The molecule has 4 nitrogen and oxygen atoms in total. The summed E-state index contributed by atoms with van der Waals surface area (Å²) in [7, 11) is 1.76. The molecule has 0 saturated carbocycles. The van der Waals surface area contributed by atoms with Gasteiger partial charge in [-0.05, 0) is 54.4 Å². The Balaban J connectivity index is 1.80. The van der Waals surface area contributed by atoms with Gasteiger partial charge < -0.3 is 4.90 Å². The molecular weight excluding hydrogens is 434 g/mol. The second kappa shape index (κ2) is 6.82. The number of aliphatic imine (C=N–C) groups is 1. The third-order valence-electron chi connectivity index (χ3n) is 5.88. The van der Waals surface area contributed by atoms with Crippen LogP contribution in [0.1, 0.15) is 48.8 Å². The maximum absolute atomic E-state index is 12.8. The third-order valence-corrected chi connectivity index (χ3v) is 7.52. The van der Waals surface area contributed by atoms with Gasteiger partial charge in [0.05, 0.1) is 11.3 Å². The summed E-state index contributed by atoms with van der Waals surface area (Å²) >= 11 is 5.07. The summed E-state index contributed by atoms with van der Waals surface area (Å²) in [6, 6.07) is 8.12. The number of hydrogen-bond acceptors (Lipinski definition) is 4. The van der Waals surface area contributed by atoms with Gasteiger partial charge in [-0.1, -0.05) is 36.7 Å². The first kappa shape index (κ1) is 19.4. The Hall–Kier alpha value is -1.97. The monoisotopic (exact) mass is 455 g/mol. The fourth-order valence-electron chi connectivity index (χ4n) is 4.09. The van der Waals surface area contributed by atoms with E-state index in [1.165, 1.54) is 4.88 Å². The molecule has 2 heterocycles. The lowest BCUT2D eigenvalue weighted by atomic mass is 9.72. The van der Waals surface area contributed by atoms with Crippen LogP contribution in [0.4, 0.5) is 10.7 Å². The number of likely N-dealkylation sites (N-methyl/N-ethyl adjacent to an activating group) is 1. The summed E-state index contributed by atoms with van der Waals surface area (Å²) in [5.41, 5.74) is 4.11. The van der Waals surface area contributed by atoms with Gasteiger partial charge in [-0.25, -0.2) is 4.99 Å². The van der Waals surface area contributed by atoms with Crippen molar-refractivity contribution in [2.75, 3.05) is 11.9 Å². The normalized spacial score (nSPS) is 20.3. The molecule has 6 heteroatoms. The van der Waals surface area contributed by atoms with E-state index in [2.05, 4.69) is 42.8 Å². The lowest BCUT2D eigenvalue weighted by Crippen LogP contribution is -2.26. The average molecular weight is 456 g/mol. The van der Waals surface area contributed by atoms with Crippen molar-refractivity contribution in [2.24, 2.45) is 16.3 Å². The van der Waals surface area contributed by atoms with Crippen molar-refractivity contribution < 1.29 is 4.79 Å². The van der Waals surface area contributed by atoms with Crippen molar-refractivity contribution in [3.63, 3.8) is 0 Å². The number of benzene rings is 1. The predicted octanol–water partition coefficient (Wildman–Crippen LogP) is 5.63. The molecular formula is C22H22BrN3OS. The van der Waals surface area contributed by atoms with Gasteiger partial charge in [-0.2, -0.15) is 5.26 Å². The van der Waals surface area contributed by atoms with Crippen LogP contribution in [0, 0.1) is 22.7 Å². The number of halogens is 1. The van der Waals surface area contributed by atoms with Gasteiger partial charge >= 0.3 is 0 Å². The fourth-order valence-corrected chi connectivity index (χ4v) is 5.70. The first-order chi connectivity index (χ1) is 13.2. The number of nitrogens with zero attached hydrogens (tertiary/aromatic N) is 3. The first-order valence-electron chi connectivity index (χ1n) is 9.42. The second-order valence-corrected chi connectivity index (χ2v) is 10.6. The fraction of sp³-hybridized carbons (Fsp3) is 0.409. The Kier molecular flexibility index (Phi) is 4.71. The molecule has 2 aromatic rings. The number of nitriles is 1. The summed E-state index contributed by atoms with van der Waals surface area (Å²) in [5.74, 6) is 0.470. The van der Waals surface area contributed by atoms with Gasteiger partial charge in [-0.15, -0.1) is 11.3 Å². The minimum atomic E-state index is -0.129. The Bertz CT molecular complexity index is 1050. The van der Waals surface area contributed by atoms with E-state index in [0.29, 0.717) is 22.2 Å². The Morgan fingerprint density at radius 3 is 2.79 bits per heavy atom. The van der Waals surface area contributed by atoms with Crippen molar-refractivity contribution >= 4 is 49.6 Å². The minimum Gasteiger partial charge on any atom is -0.309 e. The summed E-state index contributed by atoms with van der Waals surface area (Å²) in [6.45, 7) is 6.85. The molecule has 0 spiro atoms. The molecule has 1 aromatic heterocycles. The van der Waals surface area contributed by atoms with Gasteiger partial charge in [0, 0.05) is 22.0 Å². The number of carbonyl (C=O) groups is 1. The molecule has 1 atom stereocenters. The topological polar surface area (TPSA) is 56.5 Å². The molecule has 0 saturated heterocycles. The highest BCUT2D eigenvalue weighted by Crippen LogP contribution is 2.45. The molecule has 1 aliphatic carbocycles. The Morgan fingerprint density at radius 1 is 1.36 bits per heavy atom. The molecule has 0 fully saturated rings. The number of amides is 1. The SMILES string of the molecule is CN1C(=O)C(=Nc2sc3c(c2C#N)CC[C@@H](C(C)(C)C)C3)c2cc(Br)ccc21. The number of thiophene rings is 1. The van der Waals surface area contributed by atoms with Crippen LogP contribution < -0.4 is 4.90 Å². The van der Waals surface area contributed by atoms with Gasteiger partial charge in [0.2, 0.25) is 0 Å². The summed E-state index contributed by atoms with van der Waals surface area (Å²) in [4.78, 5) is 20.4. The van der Waals surface area contributed by atoms with Crippen molar-refractivity contribution in [1.82, 2.24) is 0 Å². The van der Waals surface area contributed by atoms with Crippen LogP contribution in [0.5, 0.6) is 0 Å². The molecule has 1 aliphatic heterocycles. The van der Waals surface area contributed by atoms with Gasteiger partial charge in [-0.3, -0.25) is 4.79 Å². The Labute approximate surface area is 178 Å². The standard InChI is InChI=1S/C22H22BrN3OS/c1-22(2,3)12-5-7-14-16(11-24)20(28-18(14)9-12)25-19-15-10-13(23)6-8-17(15)26(4)21(19)27/h6,8,10,12H,5,7,9H2,1-4H3/t12-/m1/s1. The zero-order chi connectivity index (χ0) is 20.2. The molecule has 28 heavy (non-hydrogen) atoms. The molecule has 0 radical (unpaired) electrons. The highest BCUT2D eigenvalue weighted by atomic mass is 79.9. The lowest BCUT2D eigenvalue weighted by Gasteiger charge is -2.33. The van der Waals surface area contributed by atoms with E-state index >= 15 is 0 Å². The van der Waals surface area contributed by atoms with Crippen LogP contribution in [0.2, 0.25) is 0 Å². The maximum atomic E-state index is 12.8. The van der Waals surface area contributed by atoms with E-state index in [1.54, 1.807) is 23.3 Å². The molecule has 2 aliphatic rings. The van der Waals surface area contributed by atoms with Crippen LogP contribution in [0.25, 0.3) is 0 Å². The van der Waals surface area contributed by atoms with Crippen LogP contribution >= 0.6 is 27.3 Å². The highest BCUT2D eigenvalue weighted by molar-refractivity contribution is 9.10. The zero-order valence-corrected chi connectivity index (χ0v) is 18.9. The molecule has 0 bridgehead atoms. The second-order valence-electron chi connectivity index (χ2n) is 8.59. The quantitative estimate of drug-likeness (QED) is 0.559. The van der Waals surface area contributed by atoms with Gasteiger partial charge in [0.15, 0.2) is 0 Å². The lowest BCUT2D eigenvalue weighted by molar-refractivity contribution is -0.111. The maximum Gasteiger partial charge on any atom is 0.277 e. The summed E-state index contributed by atoms with van der Waals surface area (Å²) in [5, 5.41) is 10.5. The van der Waals surface area contributed by atoms with Crippen LogP contribution in [0.15, 0.2) is 27.7 Å². The molecule has 0 unspecified atom stereocenters. The number of rotatable bonds is 1. The Morgan fingerprint density at radius 2 is 2.11 bits per heavy atom.